The highest BCUT2D eigenvalue weighted by molar-refractivity contribution is 7.17. The molecule has 0 spiro atoms. The zero-order valence-corrected chi connectivity index (χ0v) is 10.5. The largest absolute Gasteiger partial charge is 0.356 e. The number of aromatic nitrogens is 2. The van der Waals surface area contributed by atoms with Gasteiger partial charge in [0.2, 0.25) is 0 Å². The third-order valence-corrected chi connectivity index (χ3v) is 4.38. The molecule has 2 aromatic rings. The van der Waals surface area contributed by atoms with Crippen LogP contribution in [-0.2, 0) is 4.74 Å². The minimum absolute atomic E-state index is 0.151. The highest BCUT2D eigenvalue weighted by Gasteiger charge is 2.21. The Balaban J connectivity index is 2.11. The van der Waals surface area contributed by atoms with Crippen molar-refractivity contribution in [1.29, 1.82) is 0 Å². The number of hydrogen-bond acceptors (Lipinski definition) is 3. The molecule has 0 aromatic carbocycles. The molecule has 0 bridgehead atoms. The molecule has 1 fully saturated rings. The van der Waals surface area contributed by atoms with E-state index < -0.39 is 0 Å². The van der Waals surface area contributed by atoms with E-state index in [0.29, 0.717) is 0 Å². The van der Waals surface area contributed by atoms with E-state index in [0.717, 1.165) is 18.7 Å². The van der Waals surface area contributed by atoms with Crippen LogP contribution < -0.4 is 0 Å². The molecule has 1 aliphatic rings. The maximum Gasteiger partial charge on any atom is 0.150 e. The molecular weight excluding hydrogens is 220 g/mol. The van der Waals surface area contributed by atoms with Gasteiger partial charge in [-0.25, -0.2) is 4.68 Å². The van der Waals surface area contributed by atoms with E-state index in [1.165, 1.54) is 28.6 Å². The van der Waals surface area contributed by atoms with Gasteiger partial charge in [-0.1, -0.05) is 0 Å². The topological polar surface area (TPSA) is 27.1 Å². The van der Waals surface area contributed by atoms with E-state index in [1.54, 1.807) is 11.3 Å². The Labute approximate surface area is 99.0 Å². The highest BCUT2D eigenvalue weighted by Crippen LogP contribution is 2.33. The first-order chi connectivity index (χ1) is 7.77. The van der Waals surface area contributed by atoms with Crippen LogP contribution in [0.1, 0.15) is 36.7 Å². The summed E-state index contributed by atoms with van der Waals surface area (Å²) >= 11 is 1.79. The highest BCUT2D eigenvalue weighted by atomic mass is 32.1. The van der Waals surface area contributed by atoms with Crippen LogP contribution in [0.4, 0.5) is 0 Å². The van der Waals surface area contributed by atoms with E-state index in [2.05, 4.69) is 29.0 Å². The molecule has 0 N–H and O–H groups in total. The fourth-order valence-corrected chi connectivity index (χ4v) is 3.35. The normalized spacial score (nSPS) is 21.8. The summed E-state index contributed by atoms with van der Waals surface area (Å²) in [6.07, 6.45) is 3.67. The second kappa shape index (κ2) is 3.86. The third kappa shape index (κ3) is 1.48. The Morgan fingerprint density at radius 1 is 1.44 bits per heavy atom. The summed E-state index contributed by atoms with van der Waals surface area (Å²) in [5, 5.41) is 6.84. The Morgan fingerprint density at radius 2 is 2.31 bits per heavy atom. The standard InChI is InChI=1S/C12H16N2OS/c1-8-7-16-12-9(2)13-14(11(8)12)10-5-3-4-6-15-10/h7,10H,3-6H2,1-2H3. The van der Waals surface area contributed by atoms with Crippen molar-refractivity contribution in [2.45, 2.75) is 39.3 Å². The fourth-order valence-electron chi connectivity index (χ4n) is 2.36. The van der Waals surface area contributed by atoms with Gasteiger partial charge in [0.05, 0.1) is 15.9 Å². The number of ether oxygens (including phenoxy) is 1. The minimum atomic E-state index is 0.151. The Hall–Kier alpha value is -0.870. The van der Waals surface area contributed by atoms with E-state index in [1.807, 2.05) is 0 Å². The van der Waals surface area contributed by atoms with Crippen molar-refractivity contribution >= 4 is 21.6 Å². The van der Waals surface area contributed by atoms with Gasteiger partial charge in [0, 0.05) is 6.61 Å². The van der Waals surface area contributed by atoms with Crippen LogP contribution in [0, 0.1) is 13.8 Å². The molecule has 0 saturated carbocycles. The van der Waals surface area contributed by atoms with Crippen LogP contribution in [-0.4, -0.2) is 16.4 Å². The monoisotopic (exact) mass is 236 g/mol. The lowest BCUT2D eigenvalue weighted by Crippen LogP contribution is -2.19. The van der Waals surface area contributed by atoms with Gasteiger partial charge in [-0.15, -0.1) is 11.3 Å². The smallest absolute Gasteiger partial charge is 0.150 e. The lowest BCUT2D eigenvalue weighted by molar-refractivity contribution is -0.0368. The number of rotatable bonds is 1. The predicted molar refractivity (Wildman–Crippen MR) is 65.9 cm³/mol. The maximum atomic E-state index is 5.81. The molecule has 0 aliphatic carbocycles. The molecule has 3 rings (SSSR count). The maximum absolute atomic E-state index is 5.81. The lowest BCUT2D eigenvalue weighted by atomic mass is 10.2. The van der Waals surface area contributed by atoms with Crippen molar-refractivity contribution in [2.75, 3.05) is 6.61 Å². The minimum Gasteiger partial charge on any atom is -0.356 e. The number of aryl methyl sites for hydroxylation is 2. The predicted octanol–water partition coefficient (Wildman–Crippen LogP) is 3.41. The van der Waals surface area contributed by atoms with Crippen LogP contribution in [0.15, 0.2) is 5.38 Å². The molecule has 0 radical (unpaired) electrons. The molecular formula is C12H16N2OS. The van der Waals surface area contributed by atoms with Gasteiger partial charge < -0.3 is 4.74 Å². The van der Waals surface area contributed by atoms with Gasteiger partial charge in [0.25, 0.3) is 0 Å². The molecule has 0 amide bonds. The molecule has 1 unspecified atom stereocenters. The van der Waals surface area contributed by atoms with Crippen molar-refractivity contribution in [3.63, 3.8) is 0 Å². The van der Waals surface area contributed by atoms with Gasteiger partial charge >= 0.3 is 0 Å². The third-order valence-electron chi connectivity index (χ3n) is 3.19. The summed E-state index contributed by atoms with van der Waals surface area (Å²) < 4.78 is 9.22. The van der Waals surface area contributed by atoms with Gasteiger partial charge in [0.15, 0.2) is 6.23 Å². The molecule has 1 atom stereocenters. The van der Waals surface area contributed by atoms with E-state index >= 15 is 0 Å². The second-order valence-corrected chi connectivity index (χ2v) is 5.33. The number of hydrogen-bond donors (Lipinski definition) is 0. The van der Waals surface area contributed by atoms with E-state index in [4.69, 9.17) is 4.74 Å². The fraction of sp³-hybridized carbons (Fsp3) is 0.583. The van der Waals surface area contributed by atoms with Crippen molar-refractivity contribution in [1.82, 2.24) is 9.78 Å². The van der Waals surface area contributed by atoms with Crippen molar-refractivity contribution in [2.24, 2.45) is 0 Å². The second-order valence-electron chi connectivity index (χ2n) is 4.45. The van der Waals surface area contributed by atoms with Crippen molar-refractivity contribution in [3.05, 3.63) is 16.6 Å². The summed E-state index contributed by atoms with van der Waals surface area (Å²) in [5.41, 5.74) is 3.71. The zero-order valence-electron chi connectivity index (χ0n) is 9.69. The van der Waals surface area contributed by atoms with E-state index in [9.17, 15) is 0 Å². The zero-order chi connectivity index (χ0) is 11.1. The van der Waals surface area contributed by atoms with Crippen LogP contribution >= 0.6 is 11.3 Å². The molecule has 86 valence electrons. The SMILES string of the molecule is Cc1nn(C2CCCCO2)c2c(C)csc12. The van der Waals surface area contributed by atoms with Gasteiger partial charge in [-0.3, -0.25) is 0 Å². The first-order valence-electron chi connectivity index (χ1n) is 5.82. The summed E-state index contributed by atoms with van der Waals surface area (Å²) in [6, 6.07) is 0. The van der Waals surface area contributed by atoms with Gasteiger partial charge in [0.1, 0.15) is 0 Å². The van der Waals surface area contributed by atoms with Crippen LogP contribution in [0.5, 0.6) is 0 Å². The van der Waals surface area contributed by atoms with E-state index in [-0.39, 0.29) is 6.23 Å². The Morgan fingerprint density at radius 3 is 3.06 bits per heavy atom. The first kappa shape index (κ1) is 10.3. The molecule has 3 nitrogen and oxygen atoms in total. The number of nitrogens with zero attached hydrogens (tertiary/aromatic N) is 2. The quantitative estimate of drug-likeness (QED) is 0.758. The molecule has 4 heteroatoms. The Bertz CT molecular complexity index is 508. The van der Waals surface area contributed by atoms with Gasteiger partial charge in [-0.05, 0) is 44.1 Å². The van der Waals surface area contributed by atoms with Crippen molar-refractivity contribution < 1.29 is 4.74 Å². The van der Waals surface area contributed by atoms with Crippen molar-refractivity contribution in [3.8, 4) is 0 Å². The Kier molecular flexibility index (Phi) is 2.48. The molecule has 1 aliphatic heterocycles. The summed E-state index contributed by atoms with van der Waals surface area (Å²) in [6.45, 7) is 5.10. The average molecular weight is 236 g/mol. The first-order valence-corrected chi connectivity index (χ1v) is 6.70. The molecule has 1 saturated heterocycles. The van der Waals surface area contributed by atoms with Gasteiger partial charge in [-0.2, -0.15) is 5.10 Å². The van der Waals surface area contributed by atoms with Crippen LogP contribution in [0.2, 0.25) is 0 Å². The summed E-state index contributed by atoms with van der Waals surface area (Å²) in [5.74, 6) is 0. The molecule has 16 heavy (non-hydrogen) atoms. The average Bonchev–Trinajstić information content (AvgIpc) is 2.83. The molecule has 2 aromatic heterocycles. The van der Waals surface area contributed by atoms with Crippen LogP contribution in [0.25, 0.3) is 10.2 Å². The van der Waals surface area contributed by atoms with Crippen LogP contribution in [0.3, 0.4) is 0 Å². The number of thiophene rings is 1. The molecule has 3 heterocycles. The summed E-state index contributed by atoms with van der Waals surface area (Å²) in [4.78, 5) is 0. The number of fused-ring (bicyclic) bond motifs is 1. The lowest BCUT2D eigenvalue weighted by Gasteiger charge is -2.23. The summed E-state index contributed by atoms with van der Waals surface area (Å²) in [7, 11) is 0.